The predicted octanol–water partition coefficient (Wildman–Crippen LogP) is 3.11. The van der Waals surface area contributed by atoms with Gasteiger partial charge in [-0.15, -0.1) is 0 Å². The third kappa shape index (κ3) is 5.09. The van der Waals surface area contributed by atoms with Gasteiger partial charge in [-0.2, -0.15) is 0 Å². The predicted molar refractivity (Wildman–Crippen MR) is 106 cm³/mol. The normalized spacial score (nSPS) is 13.9. The molecule has 0 bridgehead atoms. The van der Waals surface area contributed by atoms with Crippen LogP contribution in [0.5, 0.6) is 0 Å². The number of nitrogens with zero attached hydrogens (tertiary/aromatic N) is 2. The SMILES string of the molecule is CN=C(NCCc1cccc(F)c1)NCc1cccc(N2CC=CC2)c1. The second-order valence-electron chi connectivity index (χ2n) is 6.28. The Kier molecular flexibility index (Phi) is 6.25. The van der Waals surface area contributed by atoms with Gasteiger partial charge < -0.3 is 15.5 Å². The Morgan fingerprint density at radius 3 is 2.58 bits per heavy atom. The van der Waals surface area contributed by atoms with E-state index >= 15 is 0 Å². The first-order valence-electron chi connectivity index (χ1n) is 8.92. The van der Waals surface area contributed by atoms with Crippen molar-refractivity contribution in [3.63, 3.8) is 0 Å². The lowest BCUT2D eigenvalue weighted by Gasteiger charge is -2.19. The van der Waals surface area contributed by atoms with E-state index in [4.69, 9.17) is 0 Å². The highest BCUT2D eigenvalue weighted by Gasteiger charge is 2.08. The number of hydrogen-bond donors (Lipinski definition) is 2. The molecule has 1 aliphatic heterocycles. The molecule has 2 N–H and O–H groups in total. The van der Waals surface area contributed by atoms with Crippen molar-refractivity contribution < 1.29 is 4.39 Å². The molecule has 0 saturated heterocycles. The molecule has 1 heterocycles. The molecule has 0 aliphatic carbocycles. The van der Waals surface area contributed by atoms with Crippen LogP contribution < -0.4 is 15.5 Å². The van der Waals surface area contributed by atoms with Gasteiger partial charge in [-0.05, 0) is 41.8 Å². The maximum atomic E-state index is 13.2. The molecular formula is C21H25FN4. The molecule has 3 rings (SSSR count). The summed E-state index contributed by atoms with van der Waals surface area (Å²) in [5.74, 6) is 0.549. The number of anilines is 1. The molecule has 2 aromatic carbocycles. The summed E-state index contributed by atoms with van der Waals surface area (Å²) in [6.07, 6.45) is 5.13. The van der Waals surface area contributed by atoms with Crippen molar-refractivity contribution in [2.45, 2.75) is 13.0 Å². The summed E-state index contributed by atoms with van der Waals surface area (Å²) < 4.78 is 13.2. The molecule has 1 aliphatic rings. The van der Waals surface area contributed by atoms with Crippen molar-refractivity contribution in [3.8, 4) is 0 Å². The van der Waals surface area contributed by atoms with Crippen molar-refractivity contribution in [1.29, 1.82) is 0 Å². The van der Waals surface area contributed by atoms with Gasteiger partial charge in [0, 0.05) is 38.9 Å². The smallest absolute Gasteiger partial charge is 0.191 e. The Morgan fingerprint density at radius 1 is 1.04 bits per heavy atom. The fraction of sp³-hybridized carbons (Fsp3) is 0.286. The van der Waals surface area contributed by atoms with Crippen LogP contribution in [0.2, 0.25) is 0 Å². The average Bonchev–Trinajstić information content (AvgIpc) is 3.20. The van der Waals surface area contributed by atoms with Crippen LogP contribution >= 0.6 is 0 Å². The number of rotatable bonds is 6. The highest BCUT2D eigenvalue weighted by molar-refractivity contribution is 5.79. The van der Waals surface area contributed by atoms with Gasteiger partial charge in [0.1, 0.15) is 5.82 Å². The van der Waals surface area contributed by atoms with Crippen molar-refractivity contribution in [3.05, 3.63) is 77.6 Å². The van der Waals surface area contributed by atoms with Crippen LogP contribution in [0.25, 0.3) is 0 Å². The van der Waals surface area contributed by atoms with E-state index in [2.05, 4.69) is 56.9 Å². The molecule has 0 atom stereocenters. The number of hydrogen-bond acceptors (Lipinski definition) is 2. The Labute approximate surface area is 154 Å². The van der Waals surface area contributed by atoms with Crippen molar-refractivity contribution >= 4 is 11.6 Å². The first-order chi connectivity index (χ1) is 12.7. The van der Waals surface area contributed by atoms with Gasteiger partial charge in [-0.3, -0.25) is 4.99 Å². The van der Waals surface area contributed by atoms with Crippen LogP contribution in [0.3, 0.4) is 0 Å². The van der Waals surface area contributed by atoms with E-state index in [1.807, 2.05) is 6.07 Å². The molecule has 0 unspecified atom stereocenters. The highest BCUT2D eigenvalue weighted by Crippen LogP contribution is 2.18. The van der Waals surface area contributed by atoms with E-state index in [-0.39, 0.29) is 5.82 Å². The molecule has 5 heteroatoms. The molecule has 0 spiro atoms. The van der Waals surface area contributed by atoms with Crippen LogP contribution in [0.15, 0.2) is 65.7 Å². The monoisotopic (exact) mass is 352 g/mol. The van der Waals surface area contributed by atoms with Gasteiger partial charge in [0.2, 0.25) is 0 Å². The van der Waals surface area contributed by atoms with Crippen LogP contribution in [0.4, 0.5) is 10.1 Å². The summed E-state index contributed by atoms with van der Waals surface area (Å²) in [6, 6.07) is 15.2. The Bertz CT molecular complexity index is 777. The second kappa shape index (κ2) is 9.04. The molecule has 26 heavy (non-hydrogen) atoms. The highest BCUT2D eigenvalue weighted by atomic mass is 19.1. The lowest BCUT2D eigenvalue weighted by molar-refractivity contribution is 0.625. The molecule has 0 aromatic heterocycles. The zero-order valence-corrected chi connectivity index (χ0v) is 15.1. The van der Waals surface area contributed by atoms with Gasteiger partial charge in [0.25, 0.3) is 0 Å². The summed E-state index contributed by atoms with van der Waals surface area (Å²) in [5, 5.41) is 6.61. The maximum Gasteiger partial charge on any atom is 0.191 e. The third-order valence-electron chi connectivity index (χ3n) is 4.37. The number of guanidine groups is 1. The molecule has 4 nitrogen and oxygen atoms in total. The minimum absolute atomic E-state index is 0.196. The summed E-state index contributed by atoms with van der Waals surface area (Å²) >= 11 is 0. The molecule has 0 amide bonds. The quantitative estimate of drug-likeness (QED) is 0.477. The first-order valence-corrected chi connectivity index (χ1v) is 8.92. The lowest BCUT2D eigenvalue weighted by atomic mass is 10.1. The van der Waals surface area contributed by atoms with E-state index in [0.717, 1.165) is 31.0 Å². The largest absolute Gasteiger partial charge is 0.364 e. The van der Waals surface area contributed by atoms with Gasteiger partial charge in [0.05, 0.1) is 0 Å². The fourth-order valence-electron chi connectivity index (χ4n) is 2.98. The van der Waals surface area contributed by atoms with Crippen molar-refractivity contribution in [1.82, 2.24) is 10.6 Å². The Morgan fingerprint density at radius 2 is 1.81 bits per heavy atom. The molecule has 2 aromatic rings. The molecular weight excluding hydrogens is 327 g/mol. The zero-order chi connectivity index (χ0) is 18.2. The first kappa shape index (κ1) is 18.0. The molecule has 0 radical (unpaired) electrons. The zero-order valence-electron chi connectivity index (χ0n) is 15.1. The minimum atomic E-state index is -0.196. The number of aliphatic imine (C=N–C) groups is 1. The van der Waals surface area contributed by atoms with E-state index < -0.39 is 0 Å². The third-order valence-corrected chi connectivity index (χ3v) is 4.37. The topological polar surface area (TPSA) is 39.7 Å². The van der Waals surface area contributed by atoms with Gasteiger partial charge in [-0.1, -0.05) is 36.4 Å². The Balaban J connectivity index is 1.47. The molecule has 0 fully saturated rings. The second-order valence-corrected chi connectivity index (χ2v) is 6.28. The standard InChI is InChI=1S/C21H25FN4/c1-23-21(24-11-10-17-6-4-8-19(22)14-17)25-16-18-7-5-9-20(15-18)26-12-2-3-13-26/h2-9,14-15H,10-13,16H2,1H3,(H2,23,24,25). The van der Waals surface area contributed by atoms with Crippen molar-refractivity contribution in [2.75, 3.05) is 31.6 Å². The van der Waals surface area contributed by atoms with Crippen LogP contribution in [0.1, 0.15) is 11.1 Å². The van der Waals surface area contributed by atoms with Crippen LogP contribution in [-0.4, -0.2) is 32.6 Å². The van der Waals surface area contributed by atoms with E-state index in [1.54, 1.807) is 19.2 Å². The van der Waals surface area contributed by atoms with Crippen molar-refractivity contribution in [2.24, 2.45) is 4.99 Å². The summed E-state index contributed by atoms with van der Waals surface area (Å²) in [5.41, 5.74) is 3.42. The lowest BCUT2D eigenvalue weighted by Crippen LogP contribution is -2.37. The summed E-state index contributed by atoms with van der Waals surface area (Å²) in [6.45, 7) is 3.34. The minimum Gasteiger partial charge on any atom is -0.364 e. The van der Waals surface area contributed by atoms with Gasteiger partial charge >= 0.3 is 0 Å². The fourth-order valence-corrected chi connectivity index (χ4v) is 2.98. The van der Waals surface area contributed by atoms with Gasteiger partial charge in [-0.25, -0.2) is 4.39 Å². The average molecular weight is 352 g/mol. The van der Waals surface area contributed by atoms with Gasteiger partial charge in [0.15, 0.2) is 5.96 Å². The summed E-state index contributed by atoms with van der Waals surface area (Å²) in [7, 11) is 1.75. The van der Waals surface area contributed by atoms with E-state index in [9.17, 15) is 4.39 Å². The number of halogens is 1. The molecule has 136 valence electrons. The van der Waals surface area contributed by atoms with E-state index in [0.29, 0.717) is 13.1 Å². The maximum absolute atomic E-state index is 13.2. The van der Waals surface area contributed by atoms with E-state index in [1.165, 1.54) is 17.3 Å². The number of benzene rings is 2. The molecule has 0 saturated carbocycles. The van der Waals surface area contributed by atoms with Crippen LogP contribution in [0, 0.1) is 5.82 Å². The summed E-state index contributed by atoms with van der Waals surface area (Å²) in [4.78, 5) is 6.58. The number of nitrogens with one attached hydrogen (secondary N) is 2. The Hall–Kier alpha value is -2.82. The van der Waals surface area contributed by atoms with Crippen LogP contribution in [-0.2, 0) is 13.0 Å².